The number of benzene rings is 2. The molecule has 7 heteroatoms. The van der Waals surface area contributed by atoms with Gasteiger partial charge in [0.05, 0.1) is 16.1 Å². The smallest absolute Gasteiger partial charge is 0.337 e. The monoisotopic (exact) mass is 348 g/mol. The standard InChI is InChI=1S/C17H20N2O4S/c1-3-19(4-2)16-11-10-13(12-15(16)17(20)21)18-24(22,23)14-8-6-5-7-9-14/h5-12,18H,3-4H2,1-2H3,(H,20,21). The van der Waals surface area contributed by atoms with Crippen molar-refractivity contribution in [2.75, 3.05) is 22.7 Å². The van der Waals surface area contributed by atoms with Gasteiger partial charge >= 0.3 is 5.97 Å². The van der Waals surface area contributed by atoms with E-state index in [2.05, 4.69) is 4.72 Å². The highest BCUT2D eigenvalue weighted by Gasteiger charge is 2.18. The van der Waals surface area contributed by atoms with Gasteiger partial charge in [0, 0.05) is 18.8 Å². The van der Waals surface area contributed by atoms with Crippen LogP contribution in [-0.2, 0) is 10.0 Å². The van der Waals surface area contributed by atoms with Gasteiger partial charge in [-0.15, -0.1) is 0 Å². The maximum atomic E-state index is 12.3. The summed E-state index contributed by atoms with van der Waals surface area (Å²) in [5.74, 6) is -1.10. The van der Waals surface area contributed by atoms with Gasteiger partial charge in [0.2, 0.25) is 0 Å². The first-order valence-corrected chi connectivity index (χ1v) is 9.07. The minimum atomic E-state index is -3.76. The Morgan fingerprint density at radius 2 is 1.71 bits per heavy atom. The van der Waals surface area contributed by atoms with E-state index < -0.39 is 16.0 Å². The Balaban J connectivity index is 2.39. The van der Waals surface area contributed by atoms with E-state index in [4.69, 9.17) is 0 Å². The molecule has 0 aliphatic rings. The van der Waals surface area contributed by atoms with Crippen LogP contribution in [0.5, 0.6) is 0 Å². The highest BCUT2D eigenvalue weighted by atomic mass is 32.2. The number of hydrogen-bond donors (Lipinski definition) is 2. The van der Waals surface area contributed by atoms with Crippen LogP contribution in [0.25, 0.3) is 0 Å². The summed E-state index contributed by atoms with van der Waals surface area (Å²) in [7, 11) is -3.76. The van der Waals surface area contributed by atoms with E-state index in [9.17, 15) is 18.3 Å². The molecule has 2 rings (SSSR count). The van der Waals surface area contributed by atoms with Crippen molar-refractivity contribution < 1.29 is 18.3 Å². The van der Waals surface area contributed by atoms with Crippen LogP contribution in [0.15, 0.2) is 53.4 Å². The largest absolute Gasteiger partial charge is 0.478 e. The minimum Gasteiger partial charge on any atom is -0.478 e. The van der Waals surface area contributed by atoms with Gasteiger partial charge in [-0.2, -0.15) is 0 Å². The van der Waals surface area contributed by atoms with Gasteiger partial charge in [0.1, 0.15) is 0 Å². The molecule has 2 N–H and O–H groups in total. The predicted molar refractivity (Wildman–Crippen MR) is 94.2 cm³/mol. The third-order valence-corrected chi connectivity index (χ3v) is 5.03. The van der Waals surface area contributed by atoms with E-state index in [1.165, 1.54) is 18.2 Å². The Hall–Kier alpha value is -2.54. The molecule has 0 heterocycles. The molecule has 0 aromatic heterocycles. The number of anilines is 2. The number of aromatic carboxylic acids is 1. The number of carbonyl (C=O) groups is 1. The van der Waals surface area contributed by atoms with Crippen LogP contribution in [0.4, 0.5) is 11.4 Å². The van der Waals surface area contributed by atoms with Gasteiger partial charge in [0.15, 0.2) is 0 Å². The van der Waals surface area contributed by atoms with Crippen molar-refractivity contribution in [1.29, 1.82) is 0 Å². The molecule has 0 aliphatic carbocycles. The minimum absolute atomic E-state index is 0.0620. The lowest BCUT2D eigenvalue weighted by Gasteiger charge is -2.23. The van der Waals surface area contributed by atoms with Crippen molar-refractivity contribution in [1.82, 2.24) is 0 Å². The second-order valence-corrected chi connectivity index (χ2v) is 6.81. The summed E-state index contributed by atoms with van der Waals surface area (Å²) in [6.07, 6.45) is 0. The average molecular weight is 348 g/mol. The Labute approximate surface area is 141 Å². The van der Waals surface area contributed by atoms with Crippen LogP contribution < -0.4 is 9.62 Å². The van der Waals surface area contributed by atoms with Crippen molar-refractivity contribution in [3.63, 3.8) is 0 Å². The lowest BCUT2D eigenvalue weighted by Crippen LogP contribution is -2.24. The fourth-order valence-corrected chi connectivity index (χ4v) is 3.50. The Morgan fingerprint density at radius 1 is 1.08 bits per heavy atom. The van der Waals surface area contributed by atoms with Crippen molar-refractivity contribution in [3.05, 3.63) is 54.1 Å². The third kappa shape index (κ3) is 3.86. The van der Waals surface area contributed by atoms with Gasteiger partial charge in [0.25, 0.3) is 10.0 Å². The zero-order valence-electron chi connectivity index (χ0n) is 13.6. The predicted octanol–water partition coefficient (Wildman–Crippen LogP) is 3.03. The average Bonchev–Trinajstić information content (AvgIpc) is 2.57. The van der Waals surface area contributed by atoms with Crippen LogP contribution in [0, 0.1) is 0 Å². The number of rotatable bonds is 7. The van der Waals surface area contributed by atoms with Gasteiger partial charge in [-0.05, 0) is 44.2 Å². The molecule has 0 radical (unpaired) electrons. The molecule has 6 nitrogen and oxygen atoms in total. The third-order valence-electron chi connectivity index (χ3n) is 3.64. The molecule has 0 atom stereocenters. The van der Waals surface area contributed by atoms with Gasteiger partial charge in [-0.1, -0.05) is 18.2 Å². The molecule has 0 aliphatic heterocycles. The maximum absolute atomic E-state index is 12.3. The lowest BCUT2D eigenvalue weighted by atomic mass is 10.1. The van der Waals surface area contributed by atoms with E-state index in [0.29, 0.717) is 18.8 Å². The first-order chi connectivity index (χ1) is 11.4. The van der Waals surface area contributed by atoms with E-state index in [0.717, 1.165) is 0 Å². The molecule has 2 aromatic carbocycles. The Kier molecular flexibility index (Phi) is 5.46. The van der Waals surface area contributed by atoms with E-state index in [-0.39, 0.29) is 16.1 Å². The van der Waals surface area contributed by atoms with Crippen molar-refractivity contribution in [3.8, 4) is 0 Å². The Morgan fingerprint density at radius 3 is 2.25 bits per heavy atom. The summed E-state index contributed by atoms with van der Waals surface area (Å²) in [6.45, 7) is 5.18. The highest BCUT2D eigenvalue weighted by Crippen LogP contribution is 2.26. The number of sulfonamides is 1. The molecule has 0 spiro atoms. The molecule has 0 saturated carbocycles. The fourth-order valence-electron chi connectivity index (χ4n) is 2.42. The molecular formula is C17H20N2O4S. The van der Waals surface area contributed by atoms with Crippen LogP contribution in [-0.4, -0.2) is 32.6 Å². The quantitative estimate of drug-likeness (QED) is 0.803. The van der Waals surface area contributed by atoms with Crippen LogP contribution >= 0.6 is 0 Å². The van der Waals surface area contributed by atoms with Gasteiger partial charge in [-0.25, -0.2) is 13.2 Å². The number of carboxylic acids is 1. The molecule has 0 fully saturated rings. The summed E-state index contributed by atoms with van der Waals surface area (Å²) >= 11 is 0. The van der Waals surface area contributed by atoms with Crippen LogP contribution in [0.1, 0.15) is 24.2 Å². The van der Waals surface area contributed by atoms with E-state index in [1.807, 2.05) is 18.7 Å². The fraction of sp³-hybridized carbons (Fsp3) is 0.235. The summed E-state index contributed by atoms with van der Waals surface area (Å²) < 4.78 is 27.1. The molecule has 2 aromatic rings. The molecule has 0 bridgehead atoms. The lowest BCUT2D eigenvalue weighted by molar-refractivity contribution is 0.0697. The molecule has 0 saturated heterocycles. The van der Waals surface area contributed by atoms with Crippen LogP contribution in [0.3, 0.4) is 0 Å². The maximum Gasteiger partial charge on any atom is 0.337 e. The first kappa shape index (κ1) is 17.8. The van der Waals surface area contributed by atoms with Crippen molar-refractivity contribution in [2.45, 2.75) is 18.7 Å². The first-order valence-electron chi connectivity index (χ1n) is 7.59. The van der Waals surface area contributed by atoms with E-state index in [1.54, 1.807) is 30.3 Å². The van der Waals surface area contributed by atoms with Crippen molar-refractivity contribution in [2.24, 2.45) is 0 Å². The Bertz CT molecular complexity index is 816. The number of carboxylic acid groups (broad SMARTS) is 1. The zero-order chi connectivity index (χ0) is 17.7. The summed E-state index contributed by atoms with van der Waals surface area (Å²) in [4.78, 5) is 13.6. The summed E-state index contributed by atoms with van der Waals surface area (Å²) in [5, 5.41) is 9.44. The number of hydrogen-bond acceptors (Lipinski definition) is 4. The molecule has 24 heavy (non-hydrogen) atoms. The molecule has 0 unspecified atom stereocenters. The second kappa shape index (κ2) is 7.35. The molecule has 128 valence electrons. The number of nitrogens with one attached hydrogen (secondary N) is 1. The SMILES string of the molecule is CCN(CC)c1ccc(NS(=O)(=O)c2ccccc2)cc1C(=O)O. The number of nitrogens with zero attached hydrogens (tertiary/aromatic N) is 1. The topological polar surface area (TPSA) is 86.7 Å². The van der Waals surface area contributed by atoms with E-state index >= 15 is 0 Å². The molecular weight excluding hydrogens is 328 g/mol. The highest BCUT2D eigenvalue weighted by molar-refractivity contribution is 7.92. The van der Waals surface area contributed by atoms with Gasteiger partial charge < -0.3 is 10.0 Å². The summed E-state index contributed by atoms with van der Waals surface area (Å²) in [5.41, 5.74) is 0.842. The molecule has 0 amide bonds. The van der Waals surface area contributed by atoms with Crippen LogP contribution in [0.2, 0.25) is 0 Å². The zero-order valence-corrected chi connectivity index (χ0v) is 14.4. The second-order valence-electron chi connectivity index (χ2n) is 5.13. The summed E-state index contributed by atoms with van der Waals surface area (Å²) in [6, 6.07) is 12.5. The van der Waals surface area contributed by atoms with Crippen molar-refractivity contribution >= 4 is 27.4 Å². The normalized spacial score (nSPS) is 11.1. The van der Waals surface area contributed by atoms with Gasteiger partial charge in [-0.3, -0.25) is 4.72 Å².